The molecule has 38 heavy (non-hydrogen) atoms. The molecule has 7 atom stereocenters. The lowest BCUT2D eigenvalue weighted by Crippen LogP contribution is -2.60. The fourth-order valence-corrected chi connectivity index (χ4v) is 3.91. The van der Waals surface area contributed by atoms with E-state index < -0.39 is 56.1 Å². The summed E-state index contributed by atoms with van der Waals surface area (Å²) in [5, 5.41) is 69.4. The molecule has 1 saturated heterocycles. The van der Waals surface area contributed by atoms with Crippen LogP contribution in [0, 0.1) is 0 Å². The van der Waals surface area contributed by atoms with Crippen LogP contribution in [0.25, 0.3) is 6.08 Å². The second-order valence-corrected chi connectivity index (χ2v) is 8.50. The maximum Gasteiger partial charge on any atom is 0.229 e. The summed E-state index contributed by atoms with van der Waals surface area (Å²) in [7, 11) is 2.80. The Morgan fingerprint density at radius 3 is 2.18 bits per heavy atom. The molecule has 0 bridgehead atoms. The molecule has 0 saturated carbocycles. The standard InChI is InChI=1S/C26H34O12/c1-34-18-10-14(4-3-9-27)5-7-16(18)36-20(12-28)22(30)15-6-8-17(19(11-15)35-2)37-26-25(33)24(32)23(31)21(13-29)38-26/h3-8,10-11,20-33H,9,12-13H2,1-2H3/b4-3+. The normalized spacial score (nSPS) is 25.1. The zero-order valence-corrected chi connectivity index (χ0v) is 21.0. The van der Waals surface area contributed by atoms with Crippen molar-refractivity contribution in [2.45, 2.75) is 42.9 Å². The van der Waals surface area contributed by atoms with Crippen LogP contribution in [0.2, 0.25) is 0 Å². The fraction of sp³-hybridized carbons (Fsp3) is 0.462. The van der Waals surface area contributed by atoms with E-state index >= 15 is 0 Å². The van der Waals surface area contributed by atoms with Crippen LogP contribution in [0.5, 0.6) is 23.0 Å². The first-order chi connectivity index (χ1) is 18.3. The summed E-state index contributed by atoms with van der Waals surface area (Å²) < 4.78 is 27.6. The van der Waals surface area contributed by atoms with Gasteiger partial charge in [0.1, 0.15) is 30.5 Å². The van der Waals surface area contributed by atoms with Gasteiger partial charge in [0.05, 0.1) is 34.0 Å². The molecular weight excluding hydrogens is 504 g/mol. The van der Waals surface area contributed by atoms with E-state index in [0.29, 0.717) is 11.3 Å². The molecule has 3 rings (SSSR count). The summed E-state index contributed by atoms with van der Waals surface area (Å²) >= 11 is 0. The summed E-state index contributed by atoms with van der Waals surface area (Å²) in [6.07, 6.45) is -6.47. The maximum absolute atomic E-state index is 11.0. The molecule has 0 radical (unpaired) electrons. The smallest absolute Gasteiger partial charge is 0.229 e. The number of aliphatic hydroxyl groups is 7. The van der Waals surface area contributed by atoms with E-state index in [1.807, 2.05) is 0 Å². The third-order valence-corrected chi connectivity index (χ3v) is 6.03. The first kappa shape index (κ1) is 29.6. The lowest BCUT2D eigenvalue weighted by atomic mass is 9.99. The monoisotopic (exact) mass is 538 g/mol. The lowest BCUT2D eigenvalue weighted by molar-refractivity contribution is -0.277. The van der Waals surface area contributed by atoms with Crippen LogP contribution in [-0.4, -0.2) is 107 Å². The molecule has 1 heterocycles. The maximum atomic E-state index is 11.0. The third-order valence-electron chi connectivity index (χ3n) is 6.03. The summed E-state index contributed by atoms with van der Waals surface area (Å²) in [6, 6.07) is 9.36. The van der Waals surface area contributed by atoms with Crippen molar-refractivity contribution in [2.75, 3.05) is 34.0 Å². The van der Waals surface area contributed by atoms with Crippen molar-refractivity contribution in [1.82, 2.24) is 0 Å². The Bertz CT molecular complexity index is 1060. The molecular formula is C26H34O12. The van der Waals surface area contributed by atoms with Gasteiger partial charge in [-0.3, -0.25) is 0 Å². The van der Waals surface area contributed by atoms with Gasteiger partial charge in [0, 0.05) is 0 Å². The molecule has 1 aliphatic heterocycles. The quantitative estimate of drug-likeness (QED) is 0.181. The Hall–Kier alpha value is -2.94. The molecule has 0 aliphatic carbocycles. The molecule has 1 aliphatic rings. The summed E-state index contributed by atoms with van der Waals surface area (Å²) in [6.45, 7) is -1.26. The highest BCUT2D eigenvalue weighted by atomic mass is 16.7. The van der Waals surface area contributed by atoms with E-state index in [4.69, 9.17) is 28.8 Å². The van der Waals surface area contributed by atoms with Crippen LogP contribution in [0.15, 0.2) is 42.5 Å². The molecule has 2 aromatic carbocycles. The number of benzene rings is 2. The molecule has 1 fully saturated rings. The average molecular weight is 539 g/mol. The molecule has 2 aromatic rings. The van der Waals surface area contributed by atoms with Crippen molar-refractivity contribution < 1.29 is 59.4 Å². The van der Waals surface area contributed by atoms with Crippen LogP contribution >= 0.6 is 0 Å². The van der Waals surface area contributed by atoms with Gasteiger partial charge >= 0.3 is 0 Å². The van der Waals surface area contributed by atoms with E-state index in [-0.39, 0.29) is 23.9 Å². The van der Waals surface area contributed by atoms with E-state index in [9.17, 15) is 30.6 Å². The van der Waals surface area contributed by atoms with Gasteiger partial charge in [-0.05, 0) is 35.4 Å². The molecule has 7 N–H and O–H groups in total. The minimum Gasteiger partial charge on any atom is -0.493 e. The summed E-state index contributed by atoms with van der Waals surface area (Å²) in [4.78, 5) is 0. The van der Waals surface area contributed by atoms with Crippen molar-refractivity contribution in [3.05, 3.63) is 53.6 Å². The first-order valence-corrected chi connectivity index (χ1v) is 11.8. The Labute approximate surface area is 219 Å². The largest absolute Gasteiger partial charge is 0.493 e. The second kappa shape index (κ2) is 13.7. The number of aliphatic hydroxyl groups excluding tert-OH is 7. The van der Waals surface area contributed by atoms with Gasteiger partial charge in [0.25, 0.3) is 0 Å². The molecule has 12 heteroatoms. The molecule has 0 spiro atoms. The van der Waals surface area contributed by atoms with Crippen molar-refractivity contribution in [3.8, 4) is 23.0 Å². The molecule has 7 unspecified atom stereocenters. The molecule has 210 valence electrons. The van der Waals surface area contributed by atoms with Crippen LogP contribution in [0.1, 0.15) is 17.2 Å². The van der Waals surface area contributed by atoms with Crippen LogP contribution < -0.4 is 18.9 Å². The summed E-state index contributed by atoms with van der Waals surface area (Å²) in [5.74, 6) is 0.855. The third kappa shape index (κ3) is 6.73. The van der Waals surface area contributed by atoms with E-state index in [2.05, 4.69) is 0 Å². The SMILES string of the molecule is COc1cc(/C=C/CO)ccc1OC(CO)C(O)c1ccc(OC2OC(CO)C(O)C(O)C2O)c(OC)c1. The average Bonchev–Trinajstić information content (AvgIpc) is 2.94. The summed E-state index contributed by atoms with van der Waals surface area (Å²) in [5.41, 5.74) is 1.06. The van der Waals surface area contributed by atoms with E-state index in [1.165, 1.54) is 32.4 Å². The van der Waals surface area contributed by atoms with Gasteiger partial charge < -0.3 is 59.4 Å². The highest BCUT2D eigenvalue weighted by molar-refractivity contribution is 5.56. The van der Waals surface area contributed by atoms with Gasteiger partial charge in [-0.25, -0.2) is 0 Å². The number of ether oxygens (including phenoxy) is 5. The number of methoxy groups -OCH3 is 2. The second-order valence-electron chi connectivity index (χ2n) is 8.50. The Balaban J connectivity index is 1.78. The van der Waals surface area contributed by atoms with Crippen LogP contribution in [-0.2, 0) is 4.74 Å². The van der Waals surface area contributed by atoms with Gasteiger partial charge in [-0.2, -0.15) is 0 Å². The van der Waals surface area contributed by atoms with Crippen LogP contribution in [0.4, 0.5) is 0 Å². The molecule has 12 nitrogen and oxygen atoms in total. The van der Waals surface area contributed by atoms with Gasteiger partial charge in [-0.1, -0.05) is 24.3 Å². The topological polar surface area (TPSA) is 188 Å². The Kier molecular flexibility index (Phi) is 10.7. The van der Waals surface area contributed by atoms with Crippen molar-refractivity contribution in [1.29, 1.82) is 0 Å². The number of rotatable bonds is 12. The highest BCUT2D eigenvalue weighted by Crippen LogP contribution is 2.36. The lowest BCUT2D eigenvalue weighted by Gasteiger charge is -2.39. The number of hydrogen-bond acceptors (Lipinski definition) is 12. The minimum atomic E-state index is -1.62. The zero-order valence-electron chi connectivity index (χ0n) is 21.0. The minimum absolute atomic E-state index is 0.0856. The van der Waals surface area contributed by atoms with Crippen molar-refractivity contribution >= 4 is 6.08 Å². The van der Waals surface area contributed by atoms with Crippen LogP contribution in [0.3, 0.4) is 0 Å². The fourth-order valence-electron chi connectivity index (χ4n) is 3.91. The molecule has 0 amide bonds. The number of hydrogen-bond donors (Lipinski definition) is 7. The zero-order chi connectivity index (χ0) is 27.8. The first-order valence-electron chi connectivity index (χ1n) is 11.8. The predicted octanol–water partition coefficient (Wildman–Crippen LogP) is -0.639. The van der Waals surface area contributed by atoms with E-state index in [1.54, 1.807) is 30.4 Å². The van der Waals surface area contributed by atoms with Crippen molar-refractivity contribution in [3.63, 3.8) is 0 Å². The highest BCUT2D eigenvalue weighted by Gasteiger charge is 2.45. The Morgan fingerprint density at radius 2 is 1.55 bits per heavy atom. The van der Waals surface area contributed by atoms with Gasteiger partial charge in [0.2, 0.25) is 6.29 Å². The Morgan fingerprint density at radius 1 is 0.868 bits per heavy atom. The van der Waals surface area contributed by atoms with E-state index in [0.717, 1.165) is 5.56 Å². The predicted molar refractivity (Wildman–Crippen MR) is 133 cm³/mol. The molecule has 0 aromatic heterocycles. The van der Waals surface area contributed by atoms with Crippen molar-refractivity contribution in [2.24, 2.45) is 0 Å². The van der Waals surface area contributed by atoms with Gasteiger partial charge in [-0.15, -0.1) is 0 Å². The van der Waals surface area contributed by atoms with Gasteiger partial charge in [0.15, 0.2) is 29.1 Å².